The van der Waals surface area contributed by atoms with E-state index >= 15 is 0 Å². The van der Waals surface area contributed by atoms with E-state index < -0.39 is 42.0 Å². The van der Waals surface area contributed by atoms with E-state index in [9.17, 15) is 25.2 Å². The largest absolute Gasteiger partial charge is 0.507 e. The Morgan fingerprint density at radius 2 is 1.89 bits per heavy atom. The van der Waals surface area contributed by atoms with Gasteiger partial charge in [-0.15, -0.1) is 0 Å². The van der Waals surface area contributed by atoms with Gasteiger partial charge in [-0.2, -0.15) is 0 Å². The lowest BCUT2D eigenvalue weighted by Gasteiger charge is -2.42. The molecule has 0 aromatic heterocycles. The molecule has 0 bridgehead atoms. The first kappa shape index (κ1) is 23.9. The lowest BCUT2D eigenvalue weighted by atomic mass is 9.72. The van der Waals surface area contributed by atoms with Crippen molar-refractivity contribution in [3.05, 3.63) is 57.6 Å². The minimum Gasteiger partial charge on any atom is -0.507 e. The fraction of sp³-hybridized carbons (Fsp3) is 0.462. The fourth-order valence-corrected chi connectivity index (χ4v) is 5.54. The number of phenolic OH excluding ortho intramolecular Hbond substituents is 2. The number of hydrogen-bond donors (Lipinski definition) is 6. The van der Waals surface area contributed by atoms with Gasteiger partial charge in [0.25, 0.3) is 0 Å². The number of hydrogen-bond acceptors (Lipinski definition) is 9. The molecular weight excluding hydrogens is 452 g/mol. The van der Waals surface area contributed by atoms with Gasteiger partial charge in [-0.05, 0) is 13.3 Å². The molecule has 3 aliphatic rings. The molecular formula is C26H30N2O7. The normalized spacial score (nSPS) is 32.1. The molecule has 7 N–H and O–H groups in total. The number of aliphatic hydroxyl groups is 2. The molecule has 186 valence electrons. The maximum atomic E-state index is 13.4. The molecule has 1 aliphatic heterocycles. The van der Waals surface area contributed by atoms with E-state index in [0.29, 0.717) is 12.0 Å². The number of phenols is 2. The van der Waals surface area contributed by atoms with Crippen LogP contribution >= 0.6 is 0 Å². The van der Waals surface area contributed by atoms with Crippen LogP contribution in [0.3, 0.4) is 0 Å². The van der Waals surface area contributed by atoms with Crippen LogP contribution < -0.4 is 5.73 Å². The number of fused-ring (bicyclic) bond motifs is 3. The standard InChI is InChI=1S/C26H30N2O7/c1-3-26(33)9-14-18(16(10-26)35-17-8-15(27)22(29)11(2)34-17)25(32)20-19(24(14)31)21(28)12-6-4-5-7-13(12)23(20)30/h4-7,11,15-17,22,28-29,31-33H,3,8-10,27H2,1-2H3/t11-,15-,16+,17-,22+,26+/m1/s1. The van der Waals surface area contributed by atoms with Gasteiger partial charge in [-0.25, -0.2) is 0 Å². The van der Waals surface area contributed by atoms with Crippen LogP contribution in [0.15, 0.2) is 24.3 Å². The van der Waals surface area contributed by atoms with E-state index in [0.717, 1.165) is 0 Å². The Balaban J connectivity index is 1.64. The predicted octanol–water partition coefficient (Wildman–Crippen LogP) is 2.03. The third kappa shape index (κ3) is 3.66. The number of carbonyl (C=O) groups excluding carboxylic acids is 1. The van der Waals surface area contributed by atoms with Crippen LogP contribution in [-0.2, 0) is 15.9 Å². The number of nitrogens with one attached hydrogen (secondary N) is 1. The number of nitrogens with two attached hydrogens (primary N) is 1. The average molecular weight is 483 g/mol. The Kier molecular flexibility index (Phi) is 5.73. The van der Waals surface area contributed by atoms with Crippen LogP contribution in [0.25, 0.3) is 0 Å². The Labute approximate surface area is 202 Å². The highest BCUT2D eigenvalue weighted by atomic mass is 16.7. The first-order chi connectivity index (χ1) is 16.6. The quantitative estimate of drug-likeness (QED) is 0.308. The SMILES string of the molecule is CC[C@]1(O)Cc2c(O)c3c(c(O)c2[C@@H](O[C@@H]2C[C@@H](N)[C@@H](O)[C@@H](C)O2)C1)C(=O)c1ccccc1C3=N. The zero-order chi connectivity index (χ0) is 25.2. The molecule has 0 spiro atoms. The predicted molar refractivity (Wildman–Crippen MR) is 126 cm³/mol. The molecule has 9 nitrogen and oxygen atoms in total. The maximum Gasteiger partial charge on any atom is 0.198 e. The number of rotatable bonds is 3. The van der Waals surface area contributed by atoms with Crippen molar-refractivity contribution < 1.29 is 34.7 Å². The number of aliphatic hydroxyl groups excluding tert-OH is 1. The van der Waals surface area contributed by atoms with Gasteiger partial charge in [0.1, 0.15) is 11.5 Å². The van der Waals surface area contributed by atoms with Crippen LogP contribution in [0.5, 0.6) is 11.5 Å². The van der Waals surface area contributed by atoms with E-state index in [4.69, 9.17) is 20.6 Å². The summed E-state index contributed by atoms with van der Waals surface area (Å²) in [5, 5.41) is 52.8. The topological polar surface area (TPSA) is 166 Å². The van der Waals surface area contributed by atoms with Crippen molar-refractivity contribution in [3.8, 4) is 11.5 Å². The Bertz CT molecular complexity index is 1220. The third-order valence-electron chi connectivity index (χ3n) is 7.63. The molecule has 2 aliphatic carbocycles. The molecule has 35 heavy (non-hydrogen) atoms. The molecule has 1 fully saturated rings. The van der Waals surface area contributed by atoms with Crippen LogP contribution in [-0.4, -0.2) is 62.1 Å². The molecule has 1 saturated heterocycles. The lowest BCUT2D eigenvalue weighted by Crippen LogP contribution is -2.52. The smallest absolute Gasteiger partial charge is 0.198 e. The van der Waals surface area contributed by atoms with Gasteiger partial charge in [0.05, 0.1) is 40.8 Å². The molecule has 9 heteroatoms. The highest BCUT2D eigenvalue weighted by molar-refractivity contribution is 6.31. The maximum absolute atomic E-state index is 13.4. The lowest BCUT2D eigenvalue weighted by molar-refractivity contribution is -0.247. The van der Waals surface area contributed by atoms with Crippen LogP contribution in [0.1, 0.15) is 77.4 Å². The second kappa shape index (κ2) is 8.39. The Morgan fingerprint density at radius 1 is 1.20 bits per heavy atom. The molecule has 5 rings (SSSR count). The van der Waals surface area contributed by atoms with Gasteiger partial charge in [0.15, 0.2) is 12.1 Å². The zero-order valence-corrected chi connectivity index (χ0v) is 19.6. The van der Waals surface area contributed by atoms with Crippen molar-refractivity contribution in [3.63, 3.8) is 0 Å². The molecule has 2 aromatic rings. The summed E-state index contributed by atoms with van der Waals surface area (Å²) in [6, 6.07) is 6.01. The summed E-state index contributed by atoms with van der Waals surface area (Å²) in [5.74, 6) is -1.18. The number of aromatic hydroxyl groups is 2. The molecule has 6 atom stereocenters. The molecule has 0 radical (unpaired) electrons. The van der Waals surface area contributed by atoms with Gasteiger partial charge in [0.2, 0.25) is 0 Å². The van der Waals surface area contributed by atoms with E-state index in [1.54, 1.807) is 31.2 Å². The number of carbonyl (C=O) groups is 1. The van der Waals surface area contributed by atoms with Crippen molar-refractivity contribution in [2.24, 2.45) is 5.73 Å². The summed E-state index contributed by atoms with van der Waals surface area (Å²) >= 11 is 0. The Hall–Kier alpha value is -2.82. The van der Waals surface area contributed by atoms with Crippen molar-refractivity contribution in [2.45, 2.75) is 75.8 Å². The summed E-state index contributed by atoms with van der Waals surface area (Å²) in [7, 11) is 0. The first-order valence-electron chi connectivity index (χ1n) is 11.9. The summed E-state index contributed by atoms with van der Waals surface area (Å²) in [6.45, 7) is 3.49. The molecule has 0 amide bonds. The first-order valence-corrected chi connectivity index (χ1v) is 11.9. The zero-order valence-electron chi connectivity index (χ0n) is 19.6. The van der Waals surface area contributed by atoms with Crippen molar-refractivity contribution in [1.29, 1.82) is 5.41 Å². The van der Waals surface area contributed by atoms with Crippen LogP contribution in [0.2, 0.25) is 0 Å². The second-order valence-corrected chi connectivity index (χ2v) is 9.83. The van der Waals surface area contributed by atoms with Gasteiger partial charge in [0, 0.05) is 47.6 Å². The highest BCUT2D eigenvalue weighted by Crippen LogP contribution is 2.52. The molecule has 0 saturated carbocycles. The van der Waals surface area contributed by atoms with Crippen molar-refractivity contribution in [1.82, 2.24) is 0 Å². The van der Waals surface area contributed by atoms with Gasteiger partial charge in [-0.3, -0.25) is 10.2 Å². The van der Waals surface area contributed by atoms with E-state index in [1.807, 2.05) is 6.92 Å². The molecule has 2 aromatic carbocycles. The summed E-state index contributed by atoms with van der Waals surface area (Å²) < 4.78 is 12.0. The van der Waals surface area contributed by atoms with Gasteiger partial charge in [-0.1, -0.05) is 31.2 Å². The highest BCUT2D eigenvalue weighted by Gasteiger charge is 2.46. The number of ketones is 1. The molecule has 0 unspecified atom stereocenters. The minimum absolute atomic E-state index is 0.0225. The number of benzene rings is 2. The minimum atomic E-state index is -1.25. The summed E-state index contributed by atoms with van der Waals surface area (Å²) in [6.07, 6.45) is -2.52. The van der Waals surface area contributed by atoms with Crippen LogP contribution in [0.4, 0.5) is 0 Å². The van der Waals surface area contributed by atoms with E-state index in [-0.39, 0.29) is 64.3 Å². The van der Waals surface area contributed by atoms with E-state index in [1.165, 1.54) is 0 Å². The third-order valence-corrected chi connectivity index (χ3v) is 7.63. The second-order valence-electron chi connectivity index (χ2n) is 9.83. The monoisotopic (exact) mass is 482 g/mol. The summed E-state index contributed by atoms with van der Waals surface area (Å²) in [5.41, 5.74) is 5.61. The van der Waals surface area contributed by atoms with Crippen molar-refractivity contribution >= 4 is 11.5 Å². The fourth-order valence-electron chi connectivity index (χ4n) is 5.54. The average Bonchev–Trinajstić information content (AvgIpc) is 2.83. The number of ether oxygens (including phenoxy) is 2. The van der Waals surface area contributed by atoms with E-state index in [2.05, 4.69) is 0 Å². The van der Waals surface area contributed by atoms with Gasteiger partial charge < -0.3 is 35.6 Å². The van der Waals surface area contributed by atoms with Crippen molar-refractivity contribution in [2.75, 3.05) is 0 Å². The molecule has 1 heterocycles. The van der Waals surface area contributed by atoms with Gasteiger partial charge >= 0.3 is 0 Å². The summed E-state index contributed by atoms with van der Waals surface area (Å²) in [4.78, 5) is 13.4. The van der Waals surface area contributed by atoms with Crippen LogP contribution in [0, 0.1) is 5.41 Å². The Morgan fingerprint density at radius 3 is 2.54 bits per heavy atom.